The lowest BCUT2D eigenvalue weighted by Crippen LogP contribution is -2.51. The number of halogens is 4. The van der Waals surface area contributed by atoms with E-state index in [1.54, 1.807) is 24.3 Å². The van der Waals surface area contributed by atoms with Gasteiger partial charge < -0.3 is 10.2 Å². The fraction of sp³-hybridized carbons (Fsp3) is 0.462. The highest BCUT2D eigenvalue weighted by molar-refractivity contribution is 6.30. The first kappa shape index (κ1) is 15.9. The van der Waals surface area contributed by atoms with Gasteiger partial charge in [-0.3, -0.25) is 4.90 Å². The Morgan fingerprint density at radius 2 is 1.90 bits per heavy atom. The van der Waals surface area contributed by atoms with Crippen LogP contribution in [-0.2, 0) is 0 Å². The zero-order chi connectivity index (χ0) is 15.5. The van der Waals surface area contributed by atoms with Crippen molar-refractivity contribution in [2.24, 2.45) is 0 Å². The molecule has 1 N–H and O–H groups in total. The molecule has 2 rings (SSSR count). The molecule has 4 nitrogen and oxygen atoms in total. The van der Waals surface area contributed by atoms with E-state index in [0.29, 0.717) is 10.7 Å². The summed E-state index contributed by atoms with van der Waals surface area (Å²) in [5.74, 6) is 0. The van der Waals surface area contributed by atoms with E-state index in [4.69, 9.17) is 11.6 Å². The van der Waals surface area contributed by atoms with Crippen molar-refractivity contribution in [1.82, 2.24) is 9.80 Å². The summed E-state index contributed by atoms with van der Waals surface area (Å²) >= 11 is 5.82. The van der Waals surface area contributed by atoms with Crippen LogP contribution in [0, 0.1) is 0 Å². The summed E-state index contributed by atoms with van der Waals surface area (Å²) in [6.45, 7) is 0.0205. The monoisotopic (exact) mass is 321 g/mol. The van der Waals surface area contributed by atoms with Gasteiger partial charge in [0, 0.05) is 36.9 Å². The summed E-state index contributed by atoms with van der Waals surface area (Å²) in [6.07, 6.45) is -4.20. The average molecular weight is 322 g/mol. The highest BCUT2D eigenvalue weighted by atomic mass is 35.5. The van der Waals surface area contributed by atoms with E-state index in [2.05, 4.69) is 5.32 Å². The van der Waals surface area contributed by atoms with Gasteiger partial charge in [0.25, 0.3) is 0 Å². The first-order valence-electron chi connectivity index (χ1n) is 6.44. The van der Waals surface area contributed by atoms with Crippen molar-refractivity contribution in [3.05, 3.63) is 29.3 Å². The van der Waals surface area contributed by atoms with Crippen molar-refractivity contribution in [2.75, 3.05) is 38.0 Å². The smallest absolute Gasteiger partial charge is 0.322 e. The first-order valence-corrected chi connectivity index (χ1v) is 6.82. The summed E-state index contributed by atoms with van der Waals surface area (Å²) in [6, 6.07) is 6.37. The van der Waals surface area contributed by atoms with Crippen molar-refractivity contribution >= 4 is 23.3 Å². The van der Waals surface area contributed by atoms with Crippen LogP contribution in [0.2, 0.25) is 5.02 Å². The number of nitrogens with one attached hydrogen (secondary N) is 1. The van der Waals surface area contributed by atoms with E-state index in [9.17, 15) is 18.0 Å². The fourth-order valence-corrected chi connectivity index (χ4v) is 2.32. The van der Waals surface area contributed by atoms with Crippen LogP contribution in [-0.4, -0.2) is 54.7 Å². The van der Waals surface area contributed by atoms with Gasteiger partial charge in [0.15, 0.2) is 0 Å². The van der Waals surface area contributed by atoms with Crippen molar-refractivity contribution in [3.8, 4) is 0 Å². The van der Waals surface area contributed by atoms with E-state index in [1.807, 2.05) is 0 Å². The topological polar surface area (TPSA) is 35.6 Å². The second-order valence-electron chi connectivity index (χ2n) is 4.82. The van der Waals surface area contributed by atoms with Crippen molar-refractivity contribution < 1.29 is 18.0 Å². The molecule has 21 heavy (non-hydrogen) atoms. The molecule has 0 radical (unpaired) electrons. The van der Waals surface area contributed by atoms with Crippen LogP contribution in [0.25, 0.3) is 0 Å². The second kappa shape index (κ2) is 6.53. The third-order valence-corrected chi connectivity index (χ3v) is 3.37. The number of hydrogen-bond donors (Lipinski definition) is 1. The Morgan fingerprint density at radius 3 is 2.48 bits per heavy atom. The largest absolute Gasteiger partial charge is 0.401 e. The SMILES string of the molecule is O=C(Nc1cccc(Cl)c1)N1CCN(CC(F)(F)F)CC1. The number of urea groups is 1. The van der Waals surface area contributed by atoms with Gasteiger partial charge in [-0.05, 0) is 18.2 Å². The summed E-state index contributed by atoms with van der Waals surface area (Å²) < 4.78 is 36.8. The zero-order valence-electron chi connectivity index (χ0n) is 11.2. The Hall–Kier alpha value is -1.47. The molecule has 1 heterocycles. The van der Waals surface area contributed by atoms with Crippen molar-refractivity contribution in [1.29, 1.82) is 0 Å². The molecule has 1 aromatic carbocycles. The standard InChI is InChI=1S/C13H15ClF3N3O/c14-10-2-1-3-11(8-10)18-12(21)20-6-4-19(5-7-20)9-13(15,16)17/h1-3,8H,4-7,9H2,(H,18,21). The van der Waals surface area contributed by atoms with Crippen LogP contribution in [0.1, 0.15) is 0 Å². The summed E-state index contributed by atoms with van der Waals surface area (Å²) in [4.78, 5) is 14.8. The number of nitrogens with zero attached hydrogens (tertiary/aromatic N) is 2. The zero-order valence-corrected chi connectivity index (χ0v) is 11.9. The Kier molecular flexibility index (Phi) is 4.95. The van der Waals surface area contributed by atoms with Crippen LogP contribution in [0.15, 0.2) is 24.3 Å². The second-order valence-corrected chi connectivity index (χ2v) is 5.26. The third kappa shape index (κ3) is 5.09. The normalized spacial score (nSPS) is 16.9. The Labute approximate surface area is 125 Å². The number of carbonyl (C=O) groups is 1. The Balaban J connectivity index is 1.83. The van der Waals surface area contributed by atoms with Crippen LogP contribution < -0.4 is 5.32 Å². The number of benzene rings is 1. The lowest BCUT2D eigenvalue weighted by molar-refractivity contribution is -0.148. The van der Waals surface area contributed by atoms with Gasteiger partial charge in [0.05, 0.1) is 6.54 Å². The number of anilines is 1. The minimum absolute atomic E-state index is 0.211. The molecule has 0 saturated carbocycles. The predicted octanol–water partition coefficient (Wildman–Crippen LogP) is 3.05. The molecule has 0 aliphatic carbocycles. The highest BCUT2D eigenvalue weighted by Crippen LogP contribution is 2.18. The van der Waals surface area contributed by atoms with Gasteiger partial charge in [-0.15, -0.1) is 0 Å². The van der Waals surface area contributed by atoms with Crippen molar-refractivity contribution in [3.63, 3.8) is 0 Å². The molecule has 0 atom stereocenters. The molecular formula is C13H15ClF3N3O. The lowest BCUT2D eigenvalue weighted by Gasteiger charge is -2.34. The molecule has 0 unspecified atom stereocenters. The number of carbonyl (C=O) groups excluding carboxylic acids is 1. The van der Waals surface area contributed by atoms with Crippen LogP contribution in [0.5, 0.6) is 0 Å². The van der Waals surface area contributed by atoms with E-state index in [-0.39, 0.29) is 32.2 Å². The number of hydrogen-bond acceptors (Lipinski definition) is 2. The van der Waals surface area contributed by atoms with E-state index in [1.165, 1.54) is 9.80 Å². The molecule has 1 fully saturated rings. The maximum Gasteiger partial charge on any atom is 0.401 e. The average Bonchev–Trinajstić information content (AvgIpc) is 2.37. The van der Waals surface area contributed by atoms with E-state index < -0.39 is 12.7 Å². The Bertz CT molecular complexity index is 502. The molecule has 8 heteroatoms. The van der Waals surface area contributed by atoms with Gasteiger partial charge in [-0.25, -0.2) is 4.79 Å². The van der Waals surface area contributed by atoms with Crippen LogP contribution in [0.3, 0.4) is 0 Å². The minimum Gasteiger partial charge on any atom is -0.322 e. The highest BCUT2D eigenvalue weighted by Gasteiger charge is 2.32. The van der Waals surface area contributed by atoms with Gasteiger partial charge in [0.2, 0.25) is 0 Å². The third-order valence-electron chi connectivity index (χ3n) is 3.14. The molecule has 1 aromatic rings. The molecule has 1 aliphatic rings. The van der Waals surface area contributed by atoms with E-state index in [0.717, 1.165) is 0 Å². The number of alkyl halides is 3. The van der Waals surface area contributed by atoms with Gasteiger partial charge in [-0.2, -0.15) is 13.2 Å². The summed E-state index contributed by atoms with van der Waals surface area (Å²) in [7, 11) is 0. The molecule has 0 aromatic heterocycles. The quantitative estimate of drug-likeness (QED) is 0.908. The molecule has 116 valence electrons. The lowest BCUT2D eigenvalue weighted by atomic mass is 10.3. The number of amides is 2. The maximum absolute atomic E-state index is 12.3. The number of rotatable bonds is 2. The van der Waals surface area contributed by atoms with Crippen LogP contribution in [0.4, 0.5) is 23.7 Å². The molecular weight excluding hydrogens is 307 g/mol. The van der Waals surface area contributed by atoms with E-state index >= 15 is 0 Å². The molecule has 1 saturated heterocycles. The molecule has 2 amide bonds. The summed E-state index contributed by atoms with van der Waals surface area (Å²) in [5.41, 5.74) is 0.560. The van der Waals surface area contributed by atoms with Crippen LogP contribution >= 0.6 is 11.6 Å². The Morgan fingerprint density at radius 1 is 1.24 bits per heavy atom. The fourth-order valence-electron chi connectivity index (χ4n) is 2.13. The van der Waals surface area contributed by atoms with Gasteiger partial charge in [-0.1, -0.05) is 17.7 Å². The molecule has 0 bridgehead atoms. The molecule has 0 spiro atoms. The minimum atomic E-state index is -4.20. The molecule has 1 aliphatic heterocycles. The van der Waals surface area contributed by atoms with Gasteiger partial charge in [0.1, 0.15) is 0 Å². The predicted molar refractivity (Wildman–Crippen MR) is 74.5 cm³/mol. The maximum atomic E-state index is 12.3. The number of piperazine rings is 1. The first-order chi connectivity index (χ1) is 9.83. The summed E-state index contributed by atoms with van der Waals surface area (Å²) in [5, 5.41) is 3.18. The van der Waals surface area contributed by atoms with Crippen molar-refractivity contribution in [2.45, 2.75) is 6.18 Å². The van der Waals surface area contributed by atoms with Gasteiger partial charge >= 0.3 is 12.2 Å².